The molecule has 0 atom stereocenters. The van der Waals surface area contributed by atoms with Gasteiger partial charge in [0, 0.05) is 6.07 Å². The summed E-state index contributed by atoms with van der Waals surface area (Å²) in [7, 11) is 1.23. The van der Waals surface area contributed by atoms with E-state index in [1.807, 2.05) is 0 Å². The molecule has 2 aromatic carbocycles. The van der Waals surface area contributed by atoms with Crippen molar-refractivity contribution in [2.24, 2.45) is 5.73 Å². The maximum Gasteiger partial charge on any atom is 0.417 e. The van der Waals surface area contributed by atoms with Gasteiger partial charge in [-0.15, -0.1) is 0 Å². The van der Waals surface area contributed by atoms with Crippen LogP contribution < -0.4 is 20.5 Å². The highest BCUT2D eigenvalue weighted by atomic mass is 19.4. The number of primary amides is 1. The Morgan fingerprint density at radius 2 is 1.76 bits per heavy atom. The zero-order chi connectivity index (χ0) is 24.3. The predicted molar refractivity (Wildman–Crippen MR) is 110 cm³/mol. The van der Waals surface area contributed by atoms with E-state index in [1.54, 1.807) is 0 Å². The summed E-state index contributed by atoms with van der Waals surface area (Å²) >= 11 is 0. The number of ether oxygens (including phenoxy) is 2. The molecule has 1 heterocycles. The van der Waals surface area contributed by atoms with E-state index in [2.05, 4.69) is 10.3 Å². The van der Waals surface area contributed by atoms with Crippen LogP contribution >= 0.6 is 0 Å². The molecule has 0 unspecified atom stereocenters. The minimum Gasteiger partial charge on any atom is -0.493 e. The molecule has 1 aromatic heterocycles. The summed E-state index contributed by atoms with van der Waals surface area (Å²) in [5, 5.41) is 2.30. The number of nitrogens with two attached hydrogens (primary N) is 1. The van der Waals surface area contributed by atoms with E-state index in [4.69, 9.17) is 15.2 Å². The average molecular weight is 463 g/mol. The van der Waals surface area contributed by atoms with Gasteiger partial charge in [0.1, 0.15) is 17.3 Å². The second-order valence-electron chi connectivity index (χ2n) is 6.83. The largest absolute Gasteiger partial charge is 0.493 e. The van der Waals surface area contributed by atoms with E-state index >= 15 is 0 Å². The van der Waals surface area contributed by atoms with Crippen LogP contribution in [0.15, 0.2) is 48.7 Å². The number of anilines is 1. The molecule has 0 aliphatic rings. The number of methoxy groups -OCH3 is 1. The maximum atomic E-state index is 13.8. The first-order valence-electron chi connectivity index (χ1n) is 9.30. The molecule has 172 valence electrons. The number of pyridine rings is 1. The molecule has 0 bridgehead atoms. The lowest BCUT2D eigenvalue weighted by Crippen LogP contribution is -2.20. The number of benzene rings is 2. The predicted octanol–water partition coefficient (Wildman–Crippen LogP) is 4.70. The molecule has 11 heteroatoms. The number of hydrogen-bond acceptors (Lipinski definition) is 5. The third-order valence-corrected chi connectivity index (χ3v) is 4.40. The molecule has 0 radical (unpaired) electrons. The zero-order valence-corrected chi connectivity index (χ0v) is 17.3. The first kappa shape index (κ1) is 23.5. The second-order valence-corrected chi connectivity index (χ2v) is 6.83. The quantitative estimate of drug-likeness (QED) is 0.516. The van der Waals surface area contributed by atoms with Crippen LogP contribution in [0.1, 0.15) is 32.0 Å². The van der Waals surface area contributed by atoms with Gasteiger partial charge < -0.3 is 20.5 Å². The fourth-order valence-corrected chi connectivity index (χ4v) is 2.94. The number of nitrogens with zero attached hydrogens (tertiary/aromatic N) is 1. The standard InChI is InChI=1S/C22H17F4N3O4/c1-11-7-14(22(24,25)26)19(21(31)29-13-4-5-15(20(27)30)28-10-13)18(8-11)33-16-6-3-12(23)9-17(16)32-2/h3-10H,1-2H3,(H2,27,30)(H,29,31). The number of hydrogen-bond donors (Lipinski definition) is 2. The molecule has 3 aromatic rings. The molecular weight excluding hydrogens is 446 g/mol. The van der Waals surface area contributed by atoms with Crippen LogP contribution in [0.25, 0.3) is 0 Å². The maximum absolute atomic E-state index is 13.8. The van der Waals surface area contributed by atoms with E-state index in [1.165, 1.54) is 32.2 Å². The Morgan fingerprint density at radius 3 is 2.33 bits per heavy atom. The number of halogens is 4. The summed E-state index contributed by atoms with van der Waals surface area (Å²) in [4.78, 5) is 27.8. The first-order valence-corrected chi connectivity index (χ1v) is 9.30. The van der Waals surface area contributed by atoms with Gasteiger partial charge in [-0.2, -0.15) is 13.2 Å². The third kappa shape index (κ3) is 5.37. The van der Waals surface area contributed by atoms with Gasteiger partial charge in [0.2, 0.25) is 0 Å². The Bertz CT molecular complexity index is 1210. The van der Waals surface area contributed by atoms with Crippen LogP contribution in [-0.4, -0.2) is 23.9 Å². The number of rotatable bonds is 6. The molecule has 0 saturated heterocycles. The van der Waals surface area contributed by atoms with Crippen molar-refractivity contribution in [1.29, 1.82) is 0 Å². The number of alkyl halides is 3. The lowest BCUT2D eigenvalue weighted by Gasteiger charge is -2.19. The van der Waals surface area contributed by atoms with Gasteiger partial charge >= 0.3 is 6.18 Å². The van der Waals surface area contributed by atoms with Crippen LogP contribution in [0, 0.1) is 12.7 Å². The van der Waals surface area contributed by atoms with Gasteiger partial charge in [0.05, 0.1) is 30.1 Å². The van der Waals surface area contributed by atoms with E-state index in [-0.39, 0.29) is 28.4 Å². The summed E-state index contributed by atoms with van der Waals surface area (Å²) in [5.74, 6) is -3.21. The monoisotopic (exact) mass is 463 g/mol. The van der Waals surface area contributed by atoms with Crippen molar-refractivity contribution < 1.29 is 36.6 Å². The van der Waals surface area contributed by atoms with Gasteiger partial charge in [-0.25, -0.2) is 9.37 Å². The van der Waals surface area contributed by atoms with Crippen LogP contribution in [0.5, 0.6) is 17.2 Å². The van der Waals surface area contributed by atoms with Gasteiger partial charge in [-0.3, -0.25) is 9.59 Å². The highest BCUT2D eigenvalue weighted by Crippen LogP contribution is 2.40. The number of carbonyl (C=O) groups is 2. The molecule has 0 aliphatic heterocycles. The van der Waals surface area contributed by atoms with Gasteiger partial charge in [0.25, 0.3) is 11.8 Å². The highest BCUT2D eigenvalue weighted by molar-refractivity contribution is 6.07. The number of aromatic nitrogens is 1. The average Bonchev–Trinajstić information content (AvgIpc) is 2.74. The van der Waals surface area contributed by atoms with Crippen LogP contribution in [0.3, 0.4) is 0 Å². The van der Waals surface area contributed by atoms with Gasteiger partial charge in [0.15, 0.2) is 11.5 Å². The molecule has 33 heavy (non-hydrogen) atoms. The van der Waals surface area contributed by atoms with Crippen LogP contribution in [0.4, 0.5) is 23.2 Å². The van der Waals surface area contributed by atoms with E-state index in [9.17, 15) is 27.2 Å². The van der Waals surface area contributed by atoms with Crippen LogP contribution in [-0.2, 0) is 6.18 Å². The minimum absolute atomic E-state index is 0.0176. The SMILES string of the molecule is COc1cc(F)ccc1Oc1cc(C)cc(C(F)(F)F)c1C(=O)Nc1ccc(C(N)=O)nc1. The fourth-order valence-electron chi connectivity index (χ4n) is 2.94. The number of amides is 2. The summed E-state index contributed by atoms with van der Waals surface area (Å²) in [6.45, 7) is 1.40. The second kappa shape index (κ2) is 9.15. The summed E-state index contributed by atoms with van der Waals surface area (Å²) in [5.41, 5.74) is 3.15. The van der Waals surface area contributed by atoms with Gasteiger partial charge in [-0.05, 0) is 48.9 Å². The Hall–Kier alpha value is -4.15. The topological polar surface area (TPSA) is 104 Å². The molecule has 3 rings (SSSR count). The summed E-state index contributed by atoms with van der Waals surface area (Å²) < 4.78 is 65.5. The Balaban J connectivity index is 2.08. The number of aryl methyl sites for hydroxylation is 1. The van der Waals surface area contributed by atoms with Crippen molar-refractivity contribution >= 4 is 17.5 Å². The number of nitrogens with one attached hydrogen (secondary N) is 1. The van der Waals surface area contributed by atoms with E-state index < -0.39 is 40.7 Å². The Kier molecular flexibility index (Phi) is 6.52. The number of carbonyl (C=O) groups excluding carboxylic acids is 2. The molecule has 0 saturated carbocycles. The zero-order valence-electron chi connectivity index (χ0n) is 17.3. The minimum atomic E-state index is -4.89. The van der Waals surface area contributed by atoms with Crippen molar-refractivity contribution in [2.45, 2.75) is 13.1 Å². The molecule has 7 nitrogen and oxygen atoms in total. The summed E-state index contributed by atoms with van der Waals surface area (Å²) in [6, 6.07) is 7.69. The highest BCUT2D eigenvalue weighted by Gasteiger charge is 2.38. The van der Waals surface area contributed by atoms with E-state index in [0.29, 0.717) is 0 Å². The van der Waals surface area contributed by atoms with E-state index in [0.717, 1.165) is 30.5 Å². The van der Waals surface area contributed by atoms with Crippen molar-refractivity contribution in [3.63, 3.8) is 0 Å². The Morgan fingerprint density at radius 1 is 1.03 bits per heavy atom. The molecule has 0 spiro atoms. The normalized spacial score (nSPS) is 11.1. The van der Waals surface area contributed by atoms with Gasteiger partial charge in [-0.1, -0.05) is 0 Å². The third-order valence-electron chi connectivity index (χ3n) is 4.40. The van der Waals surface area contributed by atoms with Crippen molar-refractivity contribution in [3.8, 4) is 17.2 Å². The summed E-state index contributed by atoms with van der Waals surface area (Å²) in [6.07, 6.45) is -3.82. The molecule has 2 amide bonds. The van der Waals surface area contributed by atoms with Crippen molar-refractivity contribution in [3.05, 3.63) is 76.9 Å². The van der Waals surface area contributed by atoms with Crippen molar-refractivity contribution in [1.82, 2.24) is 4.98 Å². The van der Waals surface area contributed by atoms with Crippen molar-refractivity contribution in [2.75, 3.05) is 12.4 Å². The molecule has 0 aliphatic carbocycles. The molecule has 0 fully saturated rings. The smallest absolute Gasteiger partial charge is 0.417 e. The first-order chi connectivity index (χ1) is 15.5. The molecule has 3 N–H and O–H groups in total. The van der Waals surface area contributed by atoms with Crippen LogP contribution in [0.2, 0.25) is 0 Å². The lowest BCUT2D eigenvalue weighted by atomic mass is 10.0. The lowest BCUT2D eigenvalue weighted by molar-refractivity contribution is -0.138. The molecular formula is C22H17F4N3O4. The fraction of sp³-hybridized carbons (Fsp3) is 0.136. The Labute approximate surface area is 185 Å².